The summed E-state index contributed by atoms with van der Waals surface area (Å²) < 4.78 is 0. The third-order valence-corrected chi connectivity index (χ3v) is 4.69. The Kier molecular flexibility index (Phi) is 3.91. The van der Waals surface area contributed by atoms with Crippen LogP contribution in [0.4, 0.5) is 5.69 Å². The summed E-state index contributed by atoms with van der Waals surface area (Å²) in [6.07, 6.45) is 1.64. The Balaban J connectivity index is 1.90. The first-order valence-corrected chi connectivity index (χ1v) is 8.06. The van der Waals surface area contributed by atoms with Crippen LogP contribution in [0, 0.1) is 20.8 Å². The molecule has 0 atom stereocenters. The molecule has 1 saturated carbocycles. The van der Waals surface area contributed by atoms with Gasteiger partial charge in [0.2, 0.25) is 5.91 Å². The Bertz CT molecular complexity index is 815. The molecule has 2 aromatic carbocycles. The molecule has 0 radical (unpaired) electrons. The number of amides is 1. The minimum absolute atomic E-state index is 0.0573. The van der Waals surface area contributed by atoms with Gasteiger partial charge in [-0.25, -0.2) is 4.79 Å². The molecule has 1 aliphatic carbocycles. The minimum Gasteiger partial charge on any atom is -0.478 e. The van der Waals surface area contributed by atoms with Gasteiger partial charge in [0.05, 0.1) is 11.0 Å². The van der Waals surface area contributed by atoms with Gasteiger partial charge in [-0.3, -0.25) is 4.79 Å². The van der Waals surface area contributed by atoms with E-state index in [1.807, 2.05) is 20.8 Å². The van der Waals surface area contributed by atoms with Gasteiger partial charge in [-0.05, 0) is 56.9 Å². The number of carbonyl (C=O) groups excluding carboxylic acids is 1. The van der Waals surface area contributed by atoms with Crippen molar-refractivity contribution in [3.05, 3.63) is 64.2 Å². The monoisotopic (exact) mass is 323 g/mol. The summed E-state index contributed by atoms with van der Waals surface area (Å²) in [5.74, 6) is -1.06. The lowest BCUT2D eigenvalue weighted by atomic mass is 9.91. The highest BCUT2D eigenvalue weighted by molar-refractivity contribution is 6.02. The van der Waals surface area contributed by atoms with E-state index in [2.05, 4.69) is 23.5 Å². The molecule has 124 valence electrons. The normalized spacial score (nSPS) is 15.0. The number of nitrogens with one attached hydrogen (secondary N) is 1. The van der Waals surface area contributed by atoms with Crippen LogP contribution in [0.25, 0.3) is 0 Å². The van der Waals surface area contributed by atoms with Crippen LogP contribution in [0.15, 0.2) is 36.4 Å². The summed E-state index contributed by atoms with van der Waals surface area (Å²) in [6.45, 7) is 5.92. The number of hydrogen-bond donors (Lipinski definition) is 2. The maximum atomic E-state index is 12.9. The van der Waals surface area contributed by atoms with Crippen LogP contribution in [0.5, 0.6) is 0 Å². The van der Waals surface area contributed by atoms with E-state index in [0.717, 1.165) is 35.1 Å². The van der Waals surface area contributed by atoms with Crippen LogP contribution in [-0.4, -0.2) is 17.0 Å². The number of hydrogen-bond acceptors (Lipinski definition) is 2. The van der Waals surface area contributed by atoms with Crippen molar-refractivity contribution in [2.24, 2.45) is 0 Å². The lowest BCUT2D eigenvalue weighted by Crippen LogP contribution is -2.28. The molecule has 0 spiro atoms. The second-order valence-electron chi connectivity index (χ2n) is 6.75. The number of carboxylic acid groups (broad SMARTS) is 1. The molecule has 0 bridgehead atoms. The standard InChI is InChI=1S/C20H21NO3/c1-12-8-13(2)10-16(9-12)20(6-7-20)19(24)21-17-11-15(18(22)23)5-4-14(17)3/h4-5,8-11H,6-7H2,1-3H3,(H,21,24)(H,22,23). The molecule has 1 fully saturated rings. The Morgan fingerprint density at radius 1 is 1.00 bits per heavy atom. The molecule has 0 saturated heterocycles. The van der Waals surface area contributed by atoms with E-state index in [-0.39, 0.29) is 11.5 Å². The zero-order valence-electron chi connectivity index (χ0n) is 14.1. The molecule has 0 unspecified atom stereocenters. The first-order chi connectivity index (χ1) is 11.3. The Morgan fingerprint density at radius 3 is 2.17 bits per heavy atom. The van der Waals surface area contributed by atoms with Crippen LogP contribution in [-0.2, 0) is 10.2 Å². The van der Waals surface area contributed by atoms with Crippen molar-refractivity contribution in [2.75, 3.05) is 5.32 Å². The zero-order chi connectivity index (χ0) is 17.5. The number of anilines is 1. The van der Waals surface area contributed by atoms with Gasteiger partial charge in [-0.2, -0.15) is 0 Å². The number of rotatable bonds is 4. The average Bonchev–Trinajstić information content (AvgIpc) is 3.30. The maximum absolute atomic E-state index is 12.9. The van der Waals surface area contributed by atoms with Crippen LogP contribution in [0.3, 0.4) is 0 Å². The van der Waals surface area contributed by atoms with E-state index >= 15 is 0 Å². The third kappa shape index (κ3) is 2.92. The van der Waals surface area contributed by atoms with Crippen molar-refractivity contribution in [2.45, 2.75) is 39.0 Å². The van der Waals surface area contributed by atoms with E-state index in [1.54, 1.807) is 12.1 Å². The van der Waals surface area contributed by atoms with Crippen molar-refractivity contribution in [3.8, 4) is 0 Å². The maximum Gasteiger partial charge on any atom is 0.335 e. The molecule has 0 aromatic heterocycles. The second kappa shape index (κ2) is 5.78. The molecule has 2 aromatic rings. The molecule has 0 aliphatic heterocycles. The topological polar surface area (TPSA) is 66.4 Å². The largest absolute Gasteiger partial charge is 0.478 e. The summed E-state index contributed by atoms with van der Waals surface area (Å²) in [5, 5.41) is 12.1. The lowest BCUT2D eigenvalue weighted by Gasteiger charge is -2.18. The Labute approximate surface area is 141 Å². The summed E-state index contributed by atoms with van der Waals surface area (Å²) >= 11 is 0. The quantitative estimate of drug-likeness (QED) is 0.894. The zero-order valence-corrected chi connectivity index (χ0v) is 14.1. The molecule has 1 aliphatic rings. The molecule has 2 N–H and O–H groups in total. The molecule has 4 nitrogen and oxygen atoms in total. The van der Waals surface area contributed by atoms with Gasteiger partial charge in [0, 0.05) is 5.69 Å². The fourth-order valence-electron chi connectivity index (χ4n) is 3.15. The minimum atomic E-state index is -0.999. The fourth-order valence-corrected chi connectivity index (χ4v) is 3.15. The third-order valence-electron chi connectivity index (χ3n) is 4.69. The number of aryl methyl sites for hydroxylation is 3. The lowest BCUT2D eigenvalue weighted by molar-refractivity contribution is -0.118. The molecule has 4 heteroatoms. The van der Waals surface area contributed by atoms with E-state index in [4.69, 9.17) is 5.11 Å². The SMILES string of the molecule is Cc1cc(C)cc(C2(C(=O)Nc3cc(C(=O)O)ccc3C)CC2)c1. The summed E-state index contributed by atoms with van der Waals surface area (Å²) in [6, 6.07) is 11.0. The van der Waals surface area contributed by atoms with E-state index in [1.165, 1.54) is 6.07 Å². The highest BCUT2D eigenvalue weighted by Crippen LogP contribution is 2.49. The Morgan fingerprint density at radius 2 is 1.62 bits per heavy atom. The van der Waals surface area contributed by atoms with Gasteiger partial charge in [0.25, 0.3) is 0 Å². The van der Waals surface area contributed by atoms with Gasteiger partial charge < -0.3 is 10.4 Å². The van der Waals surface area contributed by atoms with Crippen molar-refractivity contribution < 1.29 is 14.7 Å². The average molecular weight is 323 g/mol. The van der Waals surface area contributed by atoms with Gasteiger partial charge in [-0.15, -0.1) is 0 Å². The van der Waals surface area contributed by atoms with E-state index < -0.39 is 11.4 Å². The number of aromatic carboxylic acids is 1. The fraction of sp³-hybridized carbons (Fsp3) is 0.300. The van der Waals surface area contributed by atoms with Crippen molar-refractivity contribution in [3.63, 3.8) is 0 Å². The molecule has 1 amide bonds. The first-order valence-electron chi connectivity index (χ1n) is 8.06. The molecular weight excluding hydrogens is 302 g/mol. The van der Waals surface area contributed by atoms with Crippen molar-refractivity contribution in [1.29, 1.82) is 0 Å². The van der Waals surface area contributed by atoms with Gasteiger partial charge in [0.1, 0.15) is 0 Å². The number of carboxylic acids is 1. The van der Waals surface area contributed by atoms with Crippen LogP contribution in [0.1, 0.15) is 45.5 Å². The van der Waals surface area contributed by atoms with Crippen molar-refractivity contribution >= 4 is 17.6 Å². The van der Waals surface area contributed by atoms with Crippen LogP contribution >= 0.6 is 0 Å². The van der Waals surface area contributed by atoms with Gasteiger partial charge in [0.15, 0.2) is 0 Å². The van der Waals surface area contributed by atoms with E-state index in [9.17, 15) is 9.59 Å². The highest BCUT2D eigenvalue weighted by Gasteiger charge is 2.51. The molecule has 24 heavy (non-hydrogen) atoms. The van der Waals surface area contributed by atoms with E-state index in [0.29, 0.717) is 5.69 Å². The Hall–Kier alpha value is -2.62. The molecule has 0 heterocycles. The smallest absolute Gasteiger partial charge is 0.335 e. The predicted molar refractivity (Wildman–Crippen MR) is 93.6 cm³/mol. The van der Waals surface area contributed by atoms with Crippen molar-refractivity contribution in [1.82, 2.24) is 0 Å². The summed E-state index contributed by atoms with van der Waals surface area (Å²) in [4.78, 5) is 24.0. The van der Waals surface area contributed by atoms with Gasteiger partial charge >= 0.3 is 5.97 Å². The van der Waals surface area contributed by atoms with Crippen LogP contribution in [0.2, 0.25) is 0 Å². The van der Waals surface area contributed by atoms with Gasteiger partial charge in [-0.1, -0.05) is 35.4 Å². The highest BCUT2D eigenvalue weighted by atomic mass is 16.4. The number of benzene rings is 2. The predicted octanol–water partition coefficient (Wildman–Crippen LogP) is 3.98. The summed E-state index contributed by atoms with van der Waals surface area (Å²) in [5.41, 5.74) is 4.45. The van der Waals surface area contributed by atoms with Crippen LogP contribution < -0.4 is 5.32 Å². The first kappa shape index (κ1) is 16.2. The molecule has 3 rings (SSSR count). The molecular formula is C20H21NO3. The number of carbonyl (C=O) groups is 2. The second-order valence-corrected chi connectivity index (χ2v) is 6.75. The summed E-state index contributed by atoms with van der Waals surface area (Å²) in [7, 11) is 0.